The van der Waals surface area contributed by atoms with Gasteiger partial charge in [0.25, 0.3) is 5.56 Å². The average molecular weight is 325 g/mol. The monoisotopic (exact) mass is 325 g/mol. The largest absolute Gasteiger partial charge is 0.394 e. The minimum absolute atomic E-state index is 0.138. The number of nitrogens with one attached hydrogen (secondary N) is 2. The number of H-pyrrole nitrogens is 2. The van der Waals surface area contributed by atoms with Crippen LogP contribution in [-0.2, 0) is 0 Å². The van der Waals surface area contributed by atoms with Crippen molar-refractivity contribution in [3.63, 3.8) is 0 Å². The van der Waals surface area contributed by atoms with Crippen LogP contribution < -0.4 is 16.1 Å². The fourth-order valence-corrected chi connectivity index (χ4v) is 2.34. The molecule has 9 heteroatoms. The Bertz CT molecular complexity index is 750. The van der Waals surface area contributed by atoms with Crippen molar-refractivity contribution >= 4 is 11.9 Å². The molecule has 0 unspecified atom stereocenters. The third-order valence-corrected chi connectivity index (χ3v) is 3.72. The van der Waals surface area contributed by atoms with E-state index in [1.54, 1.807) is 13.0 Å². The summed E-state index contributed by atoms with van der Waals surface area (Å²) in [5, 5.41) is 38.0. The summed E-state index contributed by atoms with van der Waals surface area (Å²) in [7, 11) is 0. The summed E-state index contributed by atoms with van der Waals surface area (Å²) >= 11 is 0. The van der Waals surface area contributed by atoms with Crippen LogP contribution in [0.1, 0.15) is 12.5 Å². The maximum absolute atomic E-state index is 11.9. The Kier molecular flexibility index (Phi) is 4.85. The van der Waals surface area contributed by atoms with Gasteiger partial charge in [-0.1, -0.05) is 6.58 Å². The van der Waals surface area contributed by atoms with E-state index < -0.39 is 36.2 Å². The van der Waals surface area contributed by atoms with Gasteiger partial charge in [0.1, 0.15) is 24.1 Å². The van der Waals surface area contributed by atoms with Crippen LogP contribution >= 0.6 is 0 Å². The molecule has 0 fully saturated rings. The number of β-amino-alcohol motifs (C(OH)–C–C–N with tert-alkyl or cyclic N) is 1. The Balaban J connectivity index is 2.40. The Morgan fingerprint density at radius 3 is 2.48 bits per heavy atom. The first-order valence-corrected chi connectivity index (χ1v) is 6.93. The number of fused-ring (bicyclic) bond motifs is 1. The first-order chi connectivity index (χ1) is 10.8. The van der Waals surface area contributed by atoms with E-state index in [0.29, 0.717) is 11.3 Å². The van der Waals surface area contributed by atoms with Crippen LogP contribution in [0.15, 0.2) is 27.4 Å². The summed E-state index contributed by atoms with van der Waals surface area (Å²) in [6.45, 7) is 4.58. The van der Waals surface area contributed by atoms with Gasteiger partial charge in [-0.2, -0.15) is 0 Å². The second-order valence-corrected chi connectivity index (χ2v) is 5.36. The Labute approximate surface area is 130 Å². The van der Waals surface area contributed by atoms with Gasteiger partial charge in [0.2, 0.25) is 0 Å². The number of hydrogen-bond donors (Lipinski definition) is 6. The van der Waals surface area contributed by atoms with E-state index in [-0.39, 0.29) is 17.9 Å². The van der Waals surface area contributed by atoms with Gasteiger partial charge in [0.15, 0.2) is 0 Å². The molecule has 0 radical (unpaired) electrons. The molecule has 1 aromatic rings. The predicted molar refractivity (Wildman–Crippen MR) is 82.9 cm³/mol. The molecule has 6 N–H and O–H groups in total. The normalized spacial score (nSPS) is 18.2. The van der Waals surface area contributed by atoms with Crippen molar-refractivity contribution in [3.8, 4) is 0 Å². The van der Waals surface area contributed by atoms with Gasteiger partial charge in [-0.05, 0) is 18.6 Å². The fourth-order valence-electron chi connectivity index (χ4n) is 2.34. The van der Waals surface area contributed by atoms with Crippen molar-refractivity contribution in [2.75, 3.05) is 18.1 Å². The number of anilines is 1. The molecule has 2 rings (SSSR count). The van der Waals surface area contributed by atoms with Crippen LogP contribution in [0.2, 0.25) is 0 Å². The molecule has 0 spiro atoms. The summed E-state index contributed by atoms with van der Waals surface area (Å²) in [6, 6.07) is 0. The zero-order valence-electron chi connectivity index (χ0n) is 12.5. The number of aromatic amines is 2. The number of allylic oxidation sites excluding steroid dienone is 1. The molecule has 2 heterocycles. The maximum atomic E-state index is 11.9. The lowest BCUT2D eigenvalue weighted by Gasteiger charge is -2.34. The van der Waals surface area contributed by atoms with Crippen LogP contribution in [0.5, 0.6) is 0 Å². The summed E-state index contributed by atoms with van der Waals surface area (Å²) in [5.41, 5.74) is -0.0576. The van der Waals surface area contributed by atoms with Gasteiger partial charge < -0.3 is 25.3 Å². The van der Waals surface area contributed by atoms with Gasteiger partial charge in [0, 0.05) is 5.70 Å². The smallest absolute Gasteiger partial charge is 0.327 e. The Morgan fingerprint density at radius 2 is 1.87 bits per heavy atom. The lowest BCUT2D eigenvalue weighted by atomic mass is 10.0. The first-order valence-electron chi connectivity index (χ1n) is 6.93. The van der Waals surface area contributed by atoms with Crippen LogP contribution in [0.25, 0.3) is 6.08 Å². The molecule has 3 atom stereocenters. The second kappa shape index (κ2) is 6.50. The highest BCUT2D eigenvalue weighted by atomic mass is 16.4. The number of aliphatic hydroxyl groups is 4. The average Bonchev–Trinajstić information content (AvgIpc) is 2.51. The lowest BCUT2D eigenvalue weighted by molar-refractivity contribution is -0.0728. The molecule has 23 heavy (non-hydrogen) atoms. The van der Waals surface area contributed by atoms with E-state index >= 15 is 0 Å². The fraction of sp³-hybridized carbons (Fsp3) is 0.429. The van der Waals surface area contributed by atoms with Crippen LogP contribution in [-0.4, -0.2) is 61.9 Å². The quantitative estimate of drug-likeness (QED) is 0.362. The molecule has 1 aromatic heterocycles. The molecule has 0 bridgehead atoms. The number of aliphatic hydroxyl groups excluding tert-OH is 4. The highest BCUT2D eigenvalue weighted by Gasteiger charge is 2.30. The molecular weight excluding hydrogens is 306 g/mol. The van der Waals surface area contributed by atoms with E-state index in [9.17, 15) is 24.9 Å². The Hall–Kier alpha value is -2.20. The first kappa shape index (κ1) is 17.2. The van der Waals surface area contributed by atoms with Crippen molar-refractivity contribution in [3.05, 3.63) is 44.3 Å². The minimum atomic E-state index is -1.60. The van der Waals surface area contributed by atoms with Crippen molar-refractivity contribution in [1.29, 1.82) is 0 Å². The van der Waals surface area contributed by atoms with E-state index in [1.165, 1.54) is 4.90 Å². The molecule has 0 amide bonds. The predicted octanol–water partition coefficient (Wildman–Crippen LogP) is -2.12. The lowest BCUT2D eigenvalue weighted by Crippen LogP contribution is -2.47. The topological polar surface area (TPSA) is 150 Å². The van der Waals surface area contributed by atoms with Gasteiger partial charge in [-0.3, -0.25) is 14.8 Å². The van der Waals surface area contributed by atoms with Crippen LogP contribution in [0, 0.1) is 0 Å². The molecule has 0 saturated heterocycles. The number of rotatable bonds is 5. The molecular formula is C14H19N3O6. The zero-order chi connectivity index (χ0) is 17.3. The van der Waals surface area contributed by atoms with Gasteiger partial charge in [-0.15, -0.1) is 0 Å². The number of hydrogen-bond acceptors (Lipinski definition) is 7. The number of nitrogens with zero attached hydrogens (tertiary/aromatic N) is 1. The molecule has 0 aromatic carbocycles. The standard InChI is InChI=1S/C14H19N3O6/c1-6-3-8-12(15-14(23)16-13(8)22)17(7(6)2)4-9(19)11(21)10(20)5-18/h3,9-11,18-21H,2,4-5H2,1H3,(H2,15,16,22,23)/t9-,10+,11-/m0/s1. The van der Waals surface area contributed by atoms with Gasteiger partial charge in [-0.25, -0.2) is 4.79 Å². The highest BCUT2D eigenvalue weighted by molar-refractivity contribution is 5.75. The van der Waals surface area contributed by atoms with Crippen molar-refractivity contribution < 1.29 is 20.4 Å². The van der Waals surface area contributed by atoms with Crippen molar-refractivity contribution in [2.45, 2.75) is 25.2 Å². The summed E-state index contributed by atoms with van der Waals surface area (Å²) < 4.78 is 0. The Morgan fingerprint density at radius 1 is 1.22 bits per heavy atom. The summed E-state index contributed by atoms with van der Waals surface area (Å²) in [6.07, 6.45) is -3.02. The van der Waals surface area contributed by atoms with E-state index in [1.807, 2.05) is 0 Å². The van der Waals surface area contributed by atoms with Crippen LogP contribution in [0.3, 0.4) is 0 Å². The zero-order valence-corrected chi connectivity index (χ0v) is 12.5. The van der Waals surface area contributed by atoms with E-state index in [0.717, 1.165) is 0 Å². The molecule has 1 aliphatic heterocycles. The van der Waals surface area contributed by atoms with Crippen LogP contribution in [0.4, 0.5) is 5.82 Å². The SMILES string of the molecule is C=C1C(C)=Cc2c([nH]c(=O)[nH]c2=O)N1C[C@H](O)[C@H](O)[C@H](O)CO. The van der Waals surface area contributed by atoms with Crippen molar-refractivity contribution in [2.24, 2.45) is 0 Å². The molecule has 0 aliphatic carbocycles. The summed E-state index contributed by atoms with van der Waals surface area (Å²) in [5.74, 6) is 0.138. The molecule has 9 nitrogen and oxygen atoms in total. The second-order valence-electron chi connectivity index (χ2n) is 5.36. The van der Waals surface area contributed by atoms with E-state index in [2.05, 4.69) is 16.5 Å². The molecule has 126 valence electrons. The maximum Gasteiger partial charge on any atom is 0.327 e. The van der Waals surface area contributed by atoms with Crippen molar-refractivity contribution in [1.82, 2.24) is 9.97 Å². The third kappa shape index (κ3) is 3.27. The molecule has 1 aliphatic rings. The highest BCUT2D eigenvalue weighted by Crippen LogP contribution is 2.29. The third-order valence-electron chi connectivity index (χ3n) is 3.72. The number of aromatic nitrogens is 2. The van der Waals surface area contributed by atoms with E-state index in [4.69, 9.17) is 5.11 Å². The van der Waals surface area contributed by atoms with Gasteiger partial charge >= 0.3 is 5.69 Å². The summed E-state index contributed by atoms with van der Waals surface area (Å²) in [4.78, 5) is 29.3. The van der Waals surface area contributed by atoms with Gasteiger partial charge in [0.05, 0.1) is 18.7 Å². The molecule has 0 saturated carbocycles. The minimum Gasteiger partial charge on any atom is -0.394 e.